The van der Waals surface area contributed by atoms with Crippen LogP contribution in [0.2, 0.25) is 0 Å². The van der Waals surface area contributed by atoms with E-state index in [0.717, 1.165) is 33.8 Å². The van der Waals surface area contributed by atoms with E-state index in [1.54, 1.807) is 27.5 Å². The molecule has 4 aromatic rings. The van der Waals surface area contributed by atoms with Crippen LogP contribution in [-0.4, -0.2) is 28.8 Å². The van der Waals surface area contributed by atoms with Crippen molar-refractivity contribution in [1.82, 2.24) is 4.98 Å². The Morgan fingerprint density at radius 1 is 0.706 bits per heavy atom. The van der Waals surface area contributed by atoms with Crippen LogP contribution in [0.25, 0.3) is 11.3 Å². The van der Waals surface area contributed by atoms with Crippen LogP contribution >= 0.6 is 0 Å². The van der Waals surface area contributed by atoms with Crippen LogP contribution in [0.15, 0.2) is 103 Å². The van der Waals surface area contributed by atoms with Gasteiger partial charge in [0.15, 0.2) is 0 Å². The molecule has 0 aliphatic carbocycles. The summed E-state index contributed by atoms with van der Waals surface area (Å²) in [5, 5.41) is 10.3. The highest BCUT2D eigenvalue weighted by molar-refractivity contribution is 6.46. The monoisotopic (exact) mass is 449 g/mol. The number of para-hydroxylation sites is 2. The maximum atomic E-state index is 10.3. The molecule has 1 radical (unpaired) electrons. The molecular weight excluding hydrogens is 419 g/mol. The molecule has 0 saturated heterocycles. The normalized spacial score (nSPS) is 11.8. The van der Waals surface area contributed by atoms with E-state index < -0.39 is 11.2 Å². The standard InChI is InChI=1S/C29H30BN2O2/c1-28(2,33)29(3,4)34-30-23-17-20-27(31-21-23)22-15-18-26(19-16-22)32(24-11-7-5-8-12-24)25-13-9-6-10-14-25/h5-21,33H,1-4H3. The van der Waals surface area contributed by atoms with Crippen molar-refractivity contribution >= 4 is 30.0 Å². The SMILES string of the molecule is CC(C)(O)C(C)(C)O[B]c1ccc(-c2ccc(N(c3ccccc3)c3ccccc3)cc2)nc1. The molecular formula is C29H30BN2O2. The molecule has 1 heterocycles. The van der Waals surface area contributed by atoms with Crippen molar-refractivity contribution in [3.8, 4) is 11.3 Å². The molecule has 0 bridgehead atoms. The Kier molecular flexibility index (Phi) is 6.87. The Morgan fingerprint density at radius 3 is 1.71 bits per heavy atom. The molecule has 0 spiro atoms. The van der Waals surface area contributed by atoms with Gasteiger partial charge in [0.05, 0.1) is 16.9 Å². The van der Waals surface area contributed by atoms with Gasteiger partial charge in [-0.1, -0.05) is 54.6 Å². The molecule has 0 saturated carbocycles. The molecule has 0 unspecified atom stereocenters. The maximum Gasteiger partial charge on any atom is 0.332 e. The zero-order valence-electron chi connectivity index (χ0n) is 20.1. The number of nitrogens with zero attached hydrogens (tertiary/aromatic N) is 2. The zero-order valence-corrected chi connectivity index (χ0v) is 20.1. The van der Waals surface area contributed by atoms with Gasteiger partial charge in [0.2, 0.25) is 0 Å². The molecule has 34 heavy (non-hydrogen) atoms. The minimum Gasteiger partial charge on any atom is -0.427 e. The average molecular weight is 449 g/mol. The Labute approximate surface area is 203 Å². The van der Waals surface area contributed by atoms with Gasteiger partial charge in [-0.05, 0) is 75.6 Å². The summed E-state index contributed by atoms with van der Waals surface area (Å²) in [6.07, 6.45) is 1.78. The van der Waals surface area contributed by atoms with Crippen molar-refractivity contribution in [2.24, 2.45) is 0 Å². The minimum absolute atomic E-state index is 0.717. The summed E-state index contributed by atoms with van der Waals surface area (Å²) in [4.78, 5) is 6.85. The number of aromatic nitrogens is 1. The average Bonchev–Trinajstić information content (AvgIpc) is 2.84. The van der Waals surface area contributed by atoms with E-state index in [0.29, 0.717) is 0 Å². The second-order valence-corrected chi connectivity index (χ2v) is 9.34. The van der Waals surface area contributed by atoms with Gasteiger partial charge < -0.3 is 14.7 Å². The first-order valence-corrected chi connectivity index (χ1v) is 11.4. The highest BCUT2D eigenvalue weighted by Crippen LogP contribution is 2.35. The Balaban J connectivity index is 1.53. The third-order valence-electron chi connectivity index (χ3n) is 6.20. The number of rotatable bonds is 8. The first-order chi connectivity index (χ1) is 16.2. The maximum absolute atomic E-state index is 10.3. The molecule has 0 fully saturated rings. The first kappa shape index (κ1) is 23.7. The molecule has 4 rings (SSSR count). The highest BCUT2D eigenvalue weighted by Gasteiger charge is 2.35. The van der Waals surface area contributed by atoms with E-state index in [9.17, 15) is 5.11 Å². The topological polar surface area (TPSA) is 45.6 Å². The van der Waals surface area contributed by atoms with Gasteiger partial charge in [-0.3, -0.25) is 4.98 Å². The predicted molar refractivity (Wildman–Crippen MR) is 141 cm³/mol. The summed E-state index contributed by atoms with van der Waals surface area (Å²) < 4.78 is 5.83. The number of benzene rings is 3. The van der Waals surface area contributed by atoms with Gasteiger partial charge in [0.25, 0.3) is 0 Å². The molecule has 0 atom stereocenters. The third-order valence-corrected chi connectivity index (χ3v) is 6.20. The molecule has 1 aromatic heterocycles. The van der Waals surface area contributed by atoms with Crippen molar-refractivity contribution in [3.63, 3.8) is 0 Å². The number of pyridine rings is 1. The number of hydrogen-bond acceptors (Lipinski definition) is 4. The fraction of sp³-hybridized carbons (Fsp3) is 0.207. The van der Waals surface area contributed by atoms with Gasteiger partial charge in [-0.2, -0.15) is 0 Å². The van der Waals surface area contributed by atoms with E-state index in [1.807, 2.05) is 38.1 Å². The Bertz CT molecular complexity index is 1150. The minimum atomic E-state index is -0.966. The van der Waals surface area contributed by atoms with Crippen LogP contribution in [0.5, 0.6) is 0 Å². The number of aliphatic hydroxyl groups is 1. The van der Waals surface area contributed by atoms with Crippen molar-refractivity contribution in [1.29, 1.82) is 0 Å². The number of hydrogen-bond donors (Lipinski definition) is 1. The van der Waals surface area contributed by atoms with Crippen LogP contribution < -0.4 is 10.4 Å². The largest absolute Gasteiger partial charge is 0.427 e. The van der Waals surface area contributed by atoms with Crippen molar-refractivity contribution in [2.45, 2.75) is 38.9 Å². The van der Waals surface area contributed by atoms with Gasteiger partial charge in [0, 0.05) is 28.8 Å². The van der Waals surface area contributed by atoms with E-state index in [1.165, 1.54) is 0 Å². The highest BCUT2D eigenvalue weighted by atomic mass is 16.5. The summed E-state index contributed by atoms with van der Waals surface area (Å²) >= 11 is 0. The number of anilines is 3. The molecule has 5 heteroatoms. The van der Waals surface area contributed by atoms with Crippen LogP contribution in [0.4, 0.5) is 17.1 Å². The molecule has 1 N–H and O–H groups in total. The fourth-order valence-electron chi connectivity index (χ4n) is 3.39. The summed E-state index contributed by atoms with van der Waals surface area (Å²) in [5.41, 5.74) is 4.37. The van der Waals surface area contributed by atoms with E-state index in [-0.39, 0.29) is 0 Å². The van der Waals surface area contributed by atoms with E-state index in [2.05, 4.69) is 82.7 Å². The Hall–Kier alpha value is -3.41. The lowest BCUT2D eigenvalue weighted by Gasteiger charge is -2.37. The van der Waals surface area contributed by atoms with E-state index in [4.69, 9.17) is 4.65 Å². The molecule has 3 aromatic carbocycles. The first-order valence-electron chi connectivity index (χ1n) is 11.4. The van der Waals surface area contributed by atoms with Crippen LogP contribution in [-0.2, 0) is 4.65 Å². The van der Waals surface area contributed by atoms with Crippen LogP contribution in [0.1, 0.15) is 27.7 Å². The summed E-state index contributed by atoms with van der Waals surface area (Å²) in [5.74, 6) is 0. The molecule has 4 nitrogen and oxygen atoms in total. The van der Waals surface area contributed by atoms with Crippen LogP contribution in [0.3, 0.4) is 0 Å². The van der Waals surface area contributed by atoms with Gasteiger partial charge in [0.1, 0.15) is 0 Å². The van der Waals surface area contributed by atoms with Crippen molar-refractivity contribution in [3.05, 3.63) is 103 Å². The Morgan fingerprint density at radius 2 is 1.24 bits per heavy atom. The molecule has 0 aliphatic heterocycles. The smallest absolute Gasteiger partial charge is 0.332 e. The predicted octanol–water partition coefficient (Wildman–Crippen LogP) is 6.03. The lowest BCUT2D eigenvalue weighted by atomic mass is 9.83. The summed E-state index contributed by atoms with van der Waals surface area (Å²) in [7, 11) is 1.65. The lowest BCUT2D eigenvalue weighted by Crippen LogP contribution is -2.49. The van der Waals surface area contributed by atoms with Gasteiger partial charge in [-0.15, -0.1) is 0 Å². The van der Waals surface area contributed by atoms with Crippen molar-refractivity contribution < 1.29 is 9.76 Å². The summed E-state index contributed by atoms with van der Waals surface area (Å²) in [6, 6.07) is 33.1. The van der Waals surface area contributed by atoms with Crippen LogP contribution in [0, 0.1) is 0 Å². The second kappa shape index (κ2) is 9.84. The van der Waals surface area contributed by atoms with E-state index >= 15 is 0 Å². The molecule has 171 valence electrons. The second-order valence-electron chi connectivity index (χ2n) is 9.34. The zero-order chi connectivity index (χ0) is 24.2. The molecule has 0 amide bonds. The summed E-state index contributed by atoms with van der Waals surface area (Å²) in [6.45, 7) is 7.20. The third kappa shape index (κ3) is 5.38. The van der Waals surface area contributed by atoms with Gasteiger partial charge in [-0.25, -0.2) is 0 Å². The van der Waals surface area contributed by atoms with Gasteiger partial charge >= 0.3 is 7.48 Å². The molecule has 0 aliphatic rings. The van der Waals surface area contributed by atoms with Crippen molar-refractivity contribution in [2.75, 3.05) is 4.90 Å². The quantitative estimate of drug-likeness (QED) is 0.334. The fourth-order valence-corrected chi connectivity index (χ4v) is 3.39. The lowest BCUT2D eigenvalue weighted by molar-refractivity contribution is -0.0893.